The Morgan fingerprint density at radius 2 is 1.84 bits per heavy atom. The fourth-order valence-electron chi connectivity index (χ4n) is 7.52. The summed E-state index contributed by atoms with van der Waals surface area (Å²) >= 11 is 0. The van der Waals surface area contributed by atoms with Gasteiger partial charge in [-0.25, -0.2) is 0 Å². The first-order valence-electron chi connectivity index (χ1n) is 15.5. The lowest BCUT2D eigenvalue weighted by Gasteiger charge is -2.40. The monoisotopic (exact) mass is 527 g/mol. The lowest BCUT2D eigenvalue weighted by molar-refractivity contribution is -0.142. The van der Waals surface area contributed by atoms with Crippen molar-refractivity contribution in [3.8, 4) is 0 Å². The van der Waals surface area contributed by atoms with E-state index in [0.29, 0.717) is 23.8 Å². The van der Waals surface area contributed by atoms with E-state index < -0.39 is 5.97 Å². The standard InChI is InChI=1S/C31H49N3O4/c1-4-37-28-14-21(13-25(22-7-8-22)30(28)38-18-20-5-6-20)16-34-11-9-23(10-12-34)33(3)17-27-26-15-24(31(35)36)19(2)32-29(26)27/h19-25,27,32H,4-18H2,1-3H3,(H,35,36)/t19-,21+,24-,25?,27?/m0/s1. The molecular formula is C31H49N3O4. The number of likely N-dealkylation sites (tertiary alicyclic amines) is 1. The maximum absolute atomic E-state index is 11.6. The van der Waals surface area contributed by atoms with E-state index in [1.165, 1.54) is 87.4 Å². The minimum absolute atomic E-state index is 0.0306. The number of carbonyl (C=O) groups is 1. The largest absolute Gasteiger partial charge is 0.495 e. The van der Waals surface area contributed by atoms with Gasteiger partial charge >= 0.3 is 5.97 Å². The lowest BCUT2D eigenvalue weighted by Crippen LogP contribution is -2.46. The molecule has 0 aromatic carbocycles. The zero-order valence-electron chi connectivity index (χ0n) is 23.8. The summed E-state index contributed by atoms with van der Waals surface area (Å²) in [7, 11) is 2.27. The molecule has 6 aliphatic rings. The second kappa shape index (κ2) is 11.0. The van der Waals surface area contributed by atoms with Crippen LogP contribution in [-0.4, -0.2) is 79.4 Å². The minimum Gasteiger partial charge on any atom is -0.495 e. The highest BCUT2D eigenvalue weighted by Crippen LogP contribution is 2.49. The Bertz CT molecular complexity index is 947. The van der Waals surface area contributed by atoms with Crippen LogP contribution in [0.2, 0.25) is 0 Å². The van der Waals surface area contributed by atoms with Gasteiger partial charge in [-0.05, 0) is 109 Å². The van der Waals surface area contributed by atoms with Gasteiger partial charge in [0.2, 0.25) is 0 Å². The Hall–Kier alpha value is -1.73. The molecular weight excluding hydrogens is 478 g/mol. The summed E-state index contributed by atoms with van der Waals surface area (Å²) in [6.07, 6.45) is 10.9. The Morgan fingerprint density at radius 3 is 2.50 bits per heavy atom. The van der Waals surface area contributed by atoms with Crippen LogP contribution in [0, 0.1) is 35.5 Å². The normalized spacial score (nSPS) is 34.3. The number of carboxylic acid groups (broad SMARTS) is 1. The van der Waals surface area contributed by atoms with Gasteiger partial charge in [0.15, 0.2) is 0 Å². The van der Waals surface area contributed by atoms with Crippen LogP contribution in [0.15, 0.2) is 22.8 Å². The molecule has 0 bridgehead atoms. The average Bonchev–Trinajstić information content (AvgIpc) is 3.77. The van der Waals surface area contributed by atoms with Crippen LogP contribution in [0.25, 0.3) is 0 Å². The number of nitrogens with one attached hydrogen (secondary N) is 1. The van der Waals surface area contributed by atoms with Gasteiger partial charge in [-0.1, -0.05) is 0 Å². The Morgan fingerprint density at radius 1 is 1.08 bits per heavy atom. The van der Waals surface area contributed by atoms with E-state index in [4.69, 9.17) is 9.47 Å². The molecule has 1 saturated heterocycles. The SMILES string of the molecule is CCOC1=C(OCC2CC2)C(C2CC2)C[C@@H](CN2CCC(N(C)CC3C4=C3N[C@@H](C)[C@@H](C(=O)O)C4)CC2)C1. The Balaban J connectivity index is 0.980. The van der Waals surface area contributed by atoms with E-state index in [-0.39, 0.29) is 12.0 Å². The van der Waals surface area contributed by atoms with Gasteiger partial charge < -0.3 is 29.7 Å². The number of rotatable bonds is 12. The van der Waals surface area contributed by atoms with Crippen molar-refractivity contribution in [2.45, 2.75) is 83.7 Å². The summed E-state index contributed by atoms with van der Waals surface area (Å²) in [5.41, 5.74) is 2.70. The number of allylic oxidation sites excluding steroid dienone is 2. The van der Waals surface area contributed by atoms with E-state index >= 15 is 0 Å². The molecule has 6 rings (SSSR count). The molecule has 0 amide bonds. The van der Waals surface area contributed by atoms with Crippen LogP contribution >= 0.6 is 0 Å². The third kappa shape index (κ3) is 5.89. The molecule has 7 heteroatoms. The van der Waals surface area contributed by atoms with Crippen LogP contribution in [0.1, 0.15) is 71.6 Å². The van der Waals surface area contributed by atoms with E-state index in [2.05, 4.69) is 29.1 Å². The van der Waals surface area contributed by atoms with Gasteiger partial charge in [-0.2, -0.15) is 0 Å². The van der Waals surface area contributed by atoms with Crippen LogP contribution in [-0.2, 0) is 14.3 Å². The highest BCUT2D eigenvalue weighted by Gasteiger charge is 2.46. The molecule has 5 atom stereocenters. The van der Waals surface area contributed by atoms with Crippen LogP contribution in [0.4, 0.5) is 0 Å². The van der Waals surface area contributed by atoms with E-state index in [1.54, 1.807) is 0 Å². The van der Waals surface area contributed by atoms with E-state index in [1.807, 2.05) is 6.92 Å². The third-order valence-corrected chi connectivity index (χ3v) is 10.3. The summed E-state index contributed by atoms with van der Waals surface area (Å²) in [5.74, 6) is 4.73. The quantitative estimate of drug-likeness (QED) is 0.388. The maximum atomic E-state index is 11.6. The van der Waals surface area contributed by atoms with Crippen molar-refractivity contribution >= 4 is 5.97 Å². The first kappa shape index (κ1) is 26.5. The number of aliphatic carboxylic acids is 1. The molecule has 2 N–H and O–H groups in total. The van der Waals surface area contributed by atoms with Crippen LogP contribution in [0.3, 0.4) is 0 Å². The second-order valence-electron chi connectivity index (χ2n) is 13.3. The van der Waals surface area contributed by atoms with Crippen molar-refractivity contribution in [2.24, 2.45) is 35.5 Å². The smallest absolute Gasteiger partial charge is 0.308 e. The summed E-state index contributed by atoms with van der Waals surface area (Å²) in [5, 5.41) is 13.0. The topological polar surface area (TPSA) is 74.3 Å². The van der Waals surface area contributed by atoms with Crippen molar-refractivity contribution in [1.82, 2.24) is 15.1 Å². The summed E-state index contributed by atoms with van der Waals surface area (Å²) in [6.45, 7) is 10.3. The molecule has 4 aliphatic carbocycles. The molecule has 2 saturated carbocycles. The van der Waals surface area contributed by atoms with Gasteiger partial charge in [0.05, 0.1) is 19.1 Å². The van der Waals surface area contributed by atoms with Crippen LogP contribution < -0.4 is 5.32 Å². The summed E-state index contributed by atoms with van der Waals surface area (Å²) in [6, 6.07) is 0.651. The van der Waals surface area contributed by atoms with Crippen molar-refractivity contribution in [3.63, 3.8) is 0 Å². The molecule has 2 unspecified atom stereocenters. The molecule has 0 aromatic rings. The molecule has 2 heterocycles. The molecule has 38 heavy (non-hydrogen) atoms. The van der Waals surface area contributed by atoms with E-state index in [9.17, 15) is 9.90 Å². The Kier molecular flexibility index (Phi) is 7.69. The zero-order chi connectivity index (χ0) is 26.4. The fraction of sp³-hybridized carbons (Fsp3) is 0.839. The van der Waals surface area contributed by atoms with Gasteiger partial charge in [0.25, 0.3) is 0 Å². The first-order valence-corrected chi connectivity index (χ1v) is 15.5. The second-order valence-corrected chi connectivity index (χ2v) is 13.3. The molecule has 0 radical (unpaired) electrons. The maximum Gasteiger partial charge on any atom is 0.308 e. The van der Waals surface area contributed by atoms with Gasteiger partial charge in [0.1, 0.15) is 11.5 Å². The number of ether oxygens (including phenoxy) is 2. The number of carboxylic acids is 1. The summed E-state index contributed by atoms with van der Waals surface area (Å²) in [4.78, 5) is 16.8. The predicted octanol–water partition coefficient (Wildman–Crippen LogP) is 4.46. The van der Waals surface area contributed by atoms with Gasteiger partial charge in [0, 0.05) is 49.1 Å². The number of hydrogen-bond acceptors (Lipinski definition) is 6. The molecule has 212 valence electrons. The number of piperidine rings is 1. The van der Waals surface area contributed by atoms with E-state index in [0.717, 1.165) is 44.4 Å². The highest BCUT2D eigenvalue weighted by molar-refractivity contribution is 5.72. The average molecular weight is 528 g/mol. The first-order chi connectivity index (χ1) is 18.4. The van der Waals surface area contributed by atoms with Crippen LogP contribution in [0.5, 0.6) is 0 Å². The number of nitrogens with zero attached hydrogens (tertiary/aromatic N) is 2. The predicted molar refractivity (Wildman–Crippen MR) is 147 cm³/mol. The van der Waals surface area contributed by atoms with Crippen molar-refractivity contribution < 1.29 is 19.4 Å². The van der Waals surface area contributed by atoms with Crippen molar-refractivity contribution in [2.75, 3.05) is 46.4 Å². The summed E-state index contributed by atoms with van der Waals surface area (Å²) < 4.78 is 12.7. The fourth-order valence-corrected chi connectivity index (χ4v) is 7.52. The highest BCUT2D eigenvalue weighted by atomic mass is 16.5. The van der Waals surface area contributed by atoms with Crippen molar-refractivity contribution in [3.05, 3.63) is 22.8 Å². The molecule has 3 fully saturated rings. The van der Waals surface area contributed by atoms with Gasteiger partial charge in [-0.3, -0.25) is 4.79 Å². The third-order valence-electron chi connectivity index (χ3n) is 10.3. The molecule has 0 spiro atoms. The zero-order valence-corrected chi connectivity index (χ0v) is 23.8. The molecule has 7 nitrogen and oxygen atoms in total. The van der Waals surface area contributed by atoms with Crippen molar-refractivity contribution in [1.29, 1.82) is 0 Å². The van der Waals surface area contributed by atoms with Gasteiger partial charge in [-0.15, -0.1) is 0 Å². The lowest BCUT2D eigenvalue weighted by atomic mass is 9.80. The molecule has 0 aromatic heterocycles. The molecule has 2 aliphatic heterocycles. The minimum atomic E-state index is -0.671. The number of hydrogen-bond donors (Lipinski definition) is 2. The Labute approximate surface area is 229 Å².